The number of Topliss-reactive ketones (excluding diaryl/α,β-unsaturated/α-hetero) is 1. The summed E-state index contributed by atoms with van der Waals surface area (Å²) in [5.41, 5.74) is 0.786. The third-order valence-corrected chi connectivity index (χ3v) is 2.71. The lowest BCUT2D eigenvalue weighted by molar-refractivity contribution is 0.0903. The van der Waals surface area contributed by atoms with E-state index in [2.05, 4.69) is 25.7 Å². The van der Waals surface area contributed by atoms with Crippen LogP contribution in [-0.4, -0.2) is 34.4 Å². The van der Waals surface area contributed by atoms with Crippen LogP contribution in [0.2, 0.25) is 0 Å². The van der Waals surface area contributed by atoms with Crippen molar-refractivity contribution in [2.45, 2.75) is 26.8 Å². The van der Waals surface area contributed by atoms with Crippen molar-refractivity contribution in [1.29, 1.82) is 0 Å². The molecular weight excluding hydrogens is 188 g/mol. The molecule has 1 heterocycles. The fourth-order valence-electron chi connectivity index (χ4n) is 1.68. The van der Waals surface area contributed by atoms with E-state index in [4.69, 9.17) is 0 Å². The molecule has 0 aromatic carbocycles. The quantitative estimate of drug-likeness (QED) is 0.691. The zero-order valence-corrected chi connectivity index (χ0v) is 10.0. The van der Waals surface area contributed by atoms with E-state index >= 15 is 0 Å². The summed E-state index contributed by atoms with van der Waals surface area (Å²) >= 11 is 0. The van der Waals surface area contributed by atoms with Crippen LogP contribution in [0.25, 0.3) is 0 Å². The highest BCUT2D eigenvalue weighted by molar-refractivity contribution is 5.96. The van der Waals surface area contributed by atoms with Gasteiger partial charge in [-0.2, -0.15) is 0 Å². The van der Waals surface area contributed by atoms with Gasteiger partial charge in [-0.25, -0.2) is 0 Å². The van der Waals surface area contributed by atoms with Gasteiger partial charge in [0, 0.05) is 19.3 Å². The van der Waals surface area contributed by atoms with Gasteiger partial charge in [0.15, 0.2) is 5.78 Å². The highest BCUT2D eigenvalue weighted by Crippen LogP contribution is 2.05. The van der Waals surface area contributed by atoms with E-state index in [0.717, 1.165) is 12.2 Å². The molecule has 0 amide bonds. The Morgan fingerprint density at radius 1 is 1.53 bits per heavy atom. The fraction of sp³-hybridized carbons (Fsp3) is 0.583. The van der Waals surface area contributed by atoms with Gasteiger partial charge in [-0.1, -0.05) is 6.92 Å². The van der Waals surface area contributed by atoms with E-state index in [0.29, 0.717) is 12.6 Å². The Morgan fingerprint density at radius 3 is 2.60 bits per heavy atom. The first-order chi connectivity index (χ1) is 7.06. The van der Waals surface area contributed by atoms with Crippen molar-refractivity contribution in [3.63, 3.8) is 0 Å². The number of carbonyl (C=O) groups excluding carboxylic acids is 1. The molecule has 0 fully saturated rings. The van der Waals surface area contributed by atoms with Crippen molar-refractivity contribution in [2.75, 3.05) is 13.1 Å². The molecule has 0 spiro atoms. The molecule has 0 aliphatic heterocycles. The maximum absolute atomic E-state index is 11.9. The van der Waals surface area contributed by atoms with Crippen LogP contribution in [0.3, 0.4) is 0 Å². The Morgan fingerprint density at radius 2 is 2.20 bits per heavy atom. The summed E-state index contributed by atoms with van der Waals surface area (Å²) in [6.45, 7) is 7.72. The zero-order chi connectivity index (χ0) is 11.4. The van der Waals surface area contributed by atoms with Gasteiger partial charge in [0.05, 0.1) is 12.2 Å². The first kappa shape index (κ1) is 12.0. The third-order valence-electron chi connectivity index (χ3n) is 2.71. The molecule has 1 aromatic heterocycles. The molecule has 0 aliphatic rings. The molecule has 0 radical (unpaired) electrons. The Labute approximate surface area is 91.7 Å². The molecule has 0 atom stereocenters. The number of nitrogens with zero attached hydrogens (tertiary/aromatic N) is 2. The second-order valence-electron chi connectivity index (χ2n) is 4.08. The number of hydrogen-bond acceptors (Lipinski definition) is 2. The van der Waals surface area contributed by atoms with Crippen molar-refractivity contribution < 1.29 is 4.79 Å². The molecule has 3 nitrogen and oxygen atoms in total. The number of aromatic nitrogens is 1. The Kier molecular flexibility index (Phi) is 4.09. The van der Waals surface area contributed by atoms with Crippen molar-refractivity contribution in [3.05, 3.63) is 24.0 Å². The molecule has 84 valence electrons. The Hall–Kier alpha value is -1.09. The van der Waals surface area contributed by atoms with Gasteiger partial charge in [0.2, 0.25) is 0 Å². The van der Waals surface area contributed by atoms with Gasteiger partial charge in [-0.15, -0.1) is 0 Å². The van der Waals surface area contributed by atoms with Gasteiger partial charge >= 0.3 is 0 Å². The molecule has 0 bridgehead atoms. The maximum atomic E-state index is 11.9. The van der Waals surface area contributed by atoms with Crippen molar-refractivity contribution in [2.24, 2.45) is 7.05 Å². The fourth-order valence-corrected chi connectivity index (χ4v) is 1.68. The van der Waals surface area contributed by atoms with E-state index < -0.39 is 0 Å². The largest absolute Gasteiger partial charge is 0.348 e. The Balaban J connectivity index is 2.67. The minimum Gasteiger partial charge on any atom is -0.348 e. The predicted molar refractivity (Wildman–Crippen MR) is 62.1 cm³/mol. The van der Waals surface area contributed by atoms with Gasteiger partial charge in [0.25, 0.3) is 0 Å². The minimum atomic E-state index is 0.193. The molecule has 1 aromatic rings. The summed E-state index contributed by atoms with van der Waals surface area (Å²) in [5, 5.41) is 0. The average molecular weight is 208 g/mol. The van der Waals surface area contributed by atoms with Crippen LogP contribution in [0.5, 0.6) is 0 Å². The second kappa shape index (κ2) is 5.12. The van der Waals surface area contributed by atoms with Crippen LogP contribution in [0, 0.1) is 0 Å². The van der Waals surface area contributed by atoms with Crippen LogP contribution in [0.1, 0.15) is 31.3 Å². The van der Waals surface area contributed by atoms with E-state index in [9.17, 15) is 4.79 Å². The lowest BCUT2D eigenvalue weighted by Crippen LogP contribution is -2.35. The van der Waals surface area contributed by atoms with Crippen LogP contribution < -0.4 is 0 Å². The van der Waals surface area contributed by atoms with E-state index in [1.165, 1.54) is 0 Å². The molecule has 1 rings (SSSR count). The Bertz CT molecular complexity index is 328. The SMILES string of the molecule is CCN(CC(=O)c1cccn1C)C(C)C. The van der Waals surface area contributed by atoms with Crippen molar-refractivity contribution in [1.82, 2.24) is 9.47 Å². The highest BCUT2D eigenvalue weighted by Gasteiger charge is 2.15. The third kappa shape index (κ3) is 2.93. The molecule has 0 N–H and O–H groups in total. The lowest BCUT2D eigenvalue weighted by atomic mass is 10.2. The molecule has 3 heteroatoms. The van der Waals surface area contributed by atoms with E-state index in [-0.39, 0.29) is 5.78 Å². The molecule has 0 aliphatic carbocycles. The molecule has 0 saturated heterocycles. The lowest BCUT2D eigenvalue weighted by Gasteiger charge is -2.23. The van der Waals surface area contributed by atoms with Crippen molar-refractivity contribution in [3.8, 4) is 0 Å². The molecular formula is C12H20N2O. The highest BCUT2D eigenvalue weighted by atomic mass is 16.1. The predicted octanol–water partition coefficient (Wildman–Crippen LogP) is 1.94. The maximum Gasteiger partial charge on any atom is 0.193 e. The summed E-state index contributed by atoms with van der Waals surface area (Å²) in [6.07, 6.45) is 1.90. The second-order valence-corrected chi connectivity index (χ2v) is 4.08. The first-order valence-electron chi connectivity index (χ1n) is 5.44. The standard InChI is InChI=1S/C12H20N2O/c1-5-14(10(2)3)9-12(15)11-7-6-8-13(11)4/h6-8,10H,5,9H2,1-4H3. The van der Waals surface area contributed by atoms with Gasteiger partial charge in [0.1, 0.15) is 0 Å². The van der Waals surface area contributed by atoms with Crippen LogP contribution in [0.15, 0.2) is 18.3 Å². The molecule has 0 unspecified atom stereocenters. The van der Waals surface area contributed by atoms with E-state index in [1.807, 2.05) is 29.9 Å². The average Bonchev–Trinajstić information content (AvgIpc) is 2.60. The molecule has 0 saturated carbocycles. The van der Waals surface area contributed by atoms with Gasteiger partial charge in [-0.3, -0.25) is 9.69 Å². The molecule has 15 heavy (non-hydrogen) atoms. The normalized spacial score (nSPS) is 11.3. The van der Waals surface area contributed by atoms with Crippen LogP contribution in [0.4, 0.5) is 0 Å². The number of aryl methyl sites for hydroxylation is 1. The van der Waals surface area contributed by atoms with Crippen LogP contribution in [-0.2, 0) is 7.05 Å². The van der Waals surface area contributed by atoms with E-state index in [1.54, 1.807) is 0 Å². The summed E-state index contributed by atoms with van der Waals surface area (Å²) in [4.78, 5) is 14.1. The minimum absolute atomic E-state index is 0.193. The monoisotopic (exact) mass is 208 g/mol. The first-order valence-corrected chi connectivity index (χ1v) is 5.44. The smallest absolute Gasteiger partial charge is 0.193 e. The van der Waals surface area contributed by atoms with Gasteiger partial charge < -0.3 is 4.57 Å². The number of rotatable bonds is 5. The number of carbonyl (C=O) groups is 1. The number of likely N-dealkylation sites (N-methyl/N-ethyl adjacent to an activating group) is 1. The van der Waals surface area contributed by atoms with Crippen molar-refractivity contribution >= 4 is 5.78 Å². The summed E-state index contributed by atoms with van der Waals surface area (Å²) in [7, 11) is 1.90. The summed E-state index contributed by atoms with van der Waals surface area (Å²) in [6, 6.07) is 4.19. The zero-order valence-electron chi connectivity index (χ0n) is 10.0. The number of hydrogen-bond donors (Lipinski definition) is 0. The van der Waals surface area contributed by atoms with Crippen LogP contribution >= 0.6 is 0 Å². The summed E-state index contributed by atoms with van der Waals surface area (Å²) in [5.74, 6) is 0.193. The van der Waals surface area contributed by atoms with Gasteiger partial charge in [-0.05, 0) is 32.5 Å². The topological polar surface area (TPSA) is 25.2 Å². The number of ketones is 1. The summed E-state index contributed by atoms with van der Waals surface area (Å²) < 4.78 is 1.87.